The molecule has 2 heterocycles. The number of fused-ring (bicyclic) bond motifs is 1. The molecule has 3 nitrogen and oxygen atoms in total. The molecule has 27 heavy (non-hydrogen) atoms. The summed E-state index contributed by atoms with van der Waals surface area (Å²) >= 11 is 0. The maximum atomic E-state index is 11.8. The normalized spacial score (nSPS) is 17.0. The van der Waals surface area contributed by atoms with E-state index in [1.165, 1.54) is 21.6 Å². The Hall–Kier alpha value is -2.42. The van der Waals surface area contributed by atoms with Crippen LogP contribution in [-0.2, 0) is 11.2 Å². The zero-order valence-electron chi connectivity index (χ0n) is 16.2. The molecule has 140 valence electrons. The fourth-order valence-electron chi connectivity index (χ4n) is 4.22. The second-order valence-electron chi connectivity index (χ2n) is 7.76. The number of aromatic nitrogens is 1. The SMILES string of the molecule is CCC(=O)N1CCC(Cc2ccc(-c3cc4c(cn3)=CCCC=4)cc2)CC1. The molecule has 2 aliphatic rings. The molecule has 0 N–H and O–H groups in total. The first-order chi connectivity index (χ1) is 13.2. The Bertz CT molecular complexity index is 922. The minimum atomic E-state index is 0.296. The lowest BCUT2D eigenvalue weighted by Crippen LogP contribution is -2.38. The molecule has 1 aliphatic heterocycles. The molecule has 1 aliphatic carbocycles. The average Bonchev–Trinajstić information content (AvgIpc) is 2.74. The van der Waals surface area contributed by atoms with E-state index < -0.39 is 0 Å². The van der Waals surface area contributed by atoms with Crippen LogP contribution in [0.25, 0.3) is 23.4 Å². The minimum Gasteiger partial charge on any atom is -0.343 e. The van der Waals surface area contributed by atoms with Crippen LogP contribution in [0.5, 0.6) is 0 Å². The van der Waals surface area contributed by atoms with Crippen LogP contribution in [0.1, 0.15) is 44.6 Å². The highest BCUT2D eigenvalue weighted by atomic mass is 16.2. The summed E-state index contributed by atoms with van der Waals surface area (Å²) in [7, 11) is 0. The summed E-state index contributed by atoms with van der Waals surface area (Å²) in [6, 6.07) is 11.1. The van der Waals surface area contributed by atoms with Gasteiger partial charge >= 0.3 is 0 Å². The summed E-state index contributed by atoms with van der Waals surface area (Å²) in [5.41, 5.74) is 3.62. The van der Waals surface area contributed by atoms with E-state index in [4.69, 9.17) is 0 Å². The molecule has 0 unspecified atom stereocenters. The van der Waals surface area contributed by atoms with Crippen LogP contribution in [0, 0.1) is 5.92 Å². The summed E-state index contributed by atoms with van der Waals surface area (Å²) in [5, 5.41) is 2.57. The van der Waals surface area contributed by atoms with Crippen molar-refractivity contribution >= 4 is 18.1 Å². The number of rotatable bonds is 4. The third-order valence-electron chi connectivity index (χ3n) is 5.91. The molecular formula is C24H28N2O. The quantitative estimate of drug-likeness (QED) is 0.838. The van der Waals surface area contributed by atoms with Gasteiger partial charge in [0.15, 0.2) is 0 Å². The van der Waals surface area contributed by atoms with Crippen molar-refractivity contribution in [1.29, 1.82) is 0 Å². The molecule has 1 aromatic heterocycles. The van der Waals surface area contributed by atoms with Gasteiger partial charge in [-0.05, 0) is 60.1 Å². The molecule has 1 saturated heterocycles. The zero-order valence-corrected chi connectivity index (χ0v) is 16.2. The third-order valence-corrected chi connectivity index (χ3v) is 5.91. The zero-order chi connectivity index (χ0) is 18.6. The Morgan fingerprint density at radius 3 is 2.48 bits per heavy atom. The minimum absolute atomic E-state index is 0.296. The van der Waals surface area contributed by atoms with E-state index >= 15 is 0 Å². The summed E-state index contributed by atoms with van der Waals surface area (Å²) in [6.45, 7) is 3.79. The van der Waals surface area contributed by atoms with Crippen molar-refractivity contribution < 1.29 is 4.79 Å². The number of piperidine rings is 1. The number of benzene rings is 1. The molecule has 0 bridgehead atoms. The van der Waals surface area contributed by atoms with Gasteiger partial charge in [-0.25, -0.2) is 0 Å². The Morgan fingerprint density at radius 1 is 1.07 bits per heavy atom. The first kappa shape index (κ1) is 18.0. The first-order valence-corrected chi connectivity index (χ1v) is 10.3. The Morgan fingerprint density at radius 2 is 1.78 bits per heavy atom. The lowest BCUT2D eigenvalue weighted by atomic mass is 9.89. The number of pyridine rings is 1. The molecule has 1 amide bonds. The average molecular weight is 361 g/mol. The van der Waals surface area contributed by atoms with Gasteiger partial charge in [-0.2, -0.15) is 0 Å². The topological polar surface area (TPSA) is 33.2 Å². The highest BCUT2D eigenvalue weighted by Crippen LogP contribution is 2.23. The number of hydrogen-bond acceptors (Lipinski definition) is 2. The molecule has 1 aromatic carbocycles. The van der Waals surface area contributed by atoms with Crippen molar-refractivity contribution in [3.8, 4) is 11.3 Å². The Labute approximate surface area is 161 Å². The van der Waals surface area contributed by atoms with Gasteiger partial charge in [0.1, 0.15) is 0 Å². The predicted octanol–water partition coefficient (Wildman–Crippen LogP) is 3.29. The highest BCUT2D eigenvalue weighted by molar-refractivity contribution is 5.75. The van der Waals surface area contributed by atoms with Crippen molar-refractivity contribution in [3.63, 3.8) is 0 Å². The fourth-order valence-corrected chi connectivity index (χ4v) is 4.22. The van der Waals surface area contributed by atoms with Gasteiger partial charge in [0, 0.05) is 31.3 Å². The van der Waals surface area contributed by atoms with Gasteiger partial charge in [-0.15, -0.1) is 0 Å². The third kappa shape index (κ3) is 4.13. The van der Waals surface area contributed by atoms with E-state index in [-0.39, 0.29) is 0 Å². The maximum Gasteiger partial charge on any atom is 0.222 e. The van der Waals surface area contributed by atoms with E-state index in [0.29, 0.717) is 18.2 Å². The molecule has 0 spiro atoms. The largest absolute Gasteiger partial charge is 0.343 e. The van der Waals surface area contributed by atoms with Crippen LogP contribution in [-0.4, -0.2) is 28.9 Å². The van der Waals surface area contributed by atoms with Crippen LogP contribution < -0.4 is 10.4 Å². The number of nitrogens with zero attached hydrogens (tertiary/aromatic N) is 2. The standard InChI is InChI=1S/C24H28N2O/c1-2-24(27)26-13-11-19(12-14-26)15-18-7-9-20(10-8-18)23-16-21-5-3-4-6-22(21)17-25-23/h5-10,16-17,19H,2-4,11-15H2,1H3. The lowest BCUT2D eigenvalue weighted by molar-refractivity contribution is -0.132. The van der Waals surface area contributed by atoms with Crippen LogP contribution in [0.3, 0.4) is 0 Å². The monoisotopic (exact) mass is 360 g/mol. The number of carbonyl (C=O) groups is 1. The van der Waals surface area contributed by atoms with Gasteiger partial charge in [0.05, 0.1) is 5.69 Å². The maximum absolute atomic E-state index is 11.8. The number of hydrogen-bond donors (Lipinski definition) is 0. The van der Waals surface area contributed by atoms with Crippen LogP contribution in [0.2, 0.25) is 0 Å². The molecule has 4 rings (SSSR count). The number of amides is 1. The molecule has 0 saturated carbocycles. The van der Waals surface area contributed by atoms with Crippen molar-refractivity contribution in [2.45, 2.75) is 45.4 Å². The molecule has 0 radical (unpaired) electrons. The van der Waals surface area contributed by atoms with Gasteiger partial charge in [0.25, 0.3) is 0 Å². The smallest absolute Gasteiger partial charge is 0.222 e. The lowest BCUT2D eigenvalue weighted by Gasteiger charge is -2.32. The molecule has 3 heteroatoms. The van der Waals surface area contributed by atoms with Gasteiger partial charge in [-0.3, -0.25) is 9.78 Å². The Balaban J connectivity index is 1.41. The summed E-state index contributed by atoms with van der Waals surface area (Å²) in [4.78, 5) is 18.5. The van der Waals surface area contributed by atoms with Gasteiger partial charge in [0.2, 0.25) is 5.91 Å². The van der Waals surface area contributed by atoms with Crippen LogP contribution in [0.4, 0.5) is 0 Å². The van der Waals surface area contributed by atoms with Crippen molar-refractivity contribution in [2.75, 3.05) is 13.1 Å². The van der Waals surface area contributed by atoms with E-state index in [1.807, 2.05) is 18.0 Å². The molecule has 0 atom stereocenters. The number of carbonyl (C=O) groups excluding carboxylic acids is 1. The summed E-state index contributed by atoms with van der Waals surface area (Å²) in [5.74, 6) is 0.981. The van der Waals surface area contributed by atoms with Crippen LogP contribution >= 0.6 is 0 Å². The predicted molar refractivity (Wildman–Crippen MR) is 110 cm³/mol. The second-order valence-corrected chi connectivity index (χ2v) is 7.76. The van der Waals surface area contributed by atoms with Crippen molar-refractivity contribution in [1.82, 2.24) is 9.88 Å². The van der Waals surface area contributed by atoms with Gasteiger partial charge < -0.3 is 4.90 Å². The van der Waals surface area contributed by atoms with E-state index in [1.54, 1.807) is 0 Å². The van der Waals surface area contributed by atoms with Crippen molar-refractivity contribution in [3.05, 3.63) is 52.5 Å². The van der Waals surface area contributed by atoms with Crippen molar-refractivity contribution in [2.24, 2.45) is 5.92 Å². The molecular weight excluding hydrogens is 332 g/mol. The molecule has 2 aromatic rings. The fraction of sp³-hybridized carbons (Fsp3) is 0.417. The molecule has 1 fully saturated rings. The van der Waals surface area contributed by atoms with E-state index in [9.17, 15) is 4.79 Å². The van der Waals surface area contributed by atoms with E-state index in [2.05, 4.69) is 47.5 Å². The van der Waals surface area contributed by atoms with Gasteiger partial charge in [-0.1, -0.05) is 43.3 Å². The van der Waals surface area contributed by atoms with E-state index in [0.717, 1.165) is 50.9 Å². The van der Waals surface area contributed by atoms with Crippen LogP contribution in [0.15, 0.2) is 36.5 Å². The Kier molecular flexibility index (Phi) is 5.38. The highest BCUT2D eigenvalue weighted by Gasteiger charge is 2.21. The first-order valence-electron chi connectivity index (χ1n) is 10.3. The second kappa shape index (κ2) is 8.08. The summed E-state index contributed by atoms with van der Waals surface area (Å²) in [6.07, 6.45) is 12.8. The number of likely N-dealkylation sites (tertiary alicyclic amines) is 1. The summed E-state index contributed by atoms with van der Waals surface area (Å²) < 4.78 is 0.